The fourth-order valence-electron chi connectivity index (χ4n) is 4.11. The first-order valence-electron chi connectivity index (χ1n) is 10.2. The Bertz CT molecular complexity index is 676. The van der Waals surface area contributed by atoms with Crippen molar-refractivity contribution in [3.63, 3.8) is 0 Å². The molecule has 0 aromatic heterocycles. The summed E-state index contributed by atoms with van der Waals surface area (Å²) in [5.74, 6) is -0.323. The van der Waals surface area contributed by atoms with E-state index in [-0.39, 0.29) is 30.2 Å². The quantitative estimate of drug-likeness (QED) is 0.722. The molecule has 3 amide bonds. The van der Waals surface area contributed by atoms with E-state index in [1.54, 1.807) is 12.1 Å². The molecule has 2 aliphatic heterocycles. The third-order valence-electron chi connectivity index (χ3n) is 6.05. The summed E-state index contributed by atoms with van der Waals surface area (Å²) in [5, 5.41) is 9.01. The molecule has 28 heavy (non-hydrogen) atoms. The molecular formula is C21H31FN4O2. The minimum absolute atomic E-state index is 0.00638. The molecule has 1 unspecified atom stereocenters. The van der Waals surface area contributed by atoms with Gasteiger partial charge in [0.15, 0.2) is 0 Å². The predicted octanol–water partition coefficient (Wildman–Crippen LogP) is 2.25. The number of rotatable bonds is 5. The molecule has 0 bridgehead atoms. The van der Waals surface area contributed by atoms with E-state index in [0.717, 1.165) is 44.6 Å². The minimum Gasteiger partial charge on any atom is -0.341 e. The van der Waals surface area contributed by atoms with Crippen LogP contribution in [0.2, 0.25) is 0 Å². The molecule has 7 heteroatoms. The lowest BCUT2D eigenvalue weighted by Gasteiger charge is -2.40. The molecule has 154 valence electrons. The molecular weight excluding hydrogens is 359 g/mol. The highest BCUT2D eigenvalue weighted by molar-refractivity contribution is 5.87. The second-order valence-corrected chi connectivity index (χ2v) is 8.43. The van der Waals surface area contributed by atoms with E-state index in [0.29, 0.717) is 5.41 Å². The van der Waals surface area contributed by atoms with Crippen LogP contribution in [0, 0.1) is 17.2 Å². The van der Waals surface area contributed by atoms with Gasteiger partial charge in [-0.2, -0.15) is 0 Å². The van der Waals surface area contributed by atoms with Crippen LogP contribution in [0.3, 0.4) is 0 Å². The van der Waals surface area contributed by atoms with E-state index in [4.69, 9.17) is 0 Å². The zero-order chi connectivity index (χ0) is 20.1. The van der Waals surface area contributed by atoms with Gasteiger partial charge in [0.05, 0.1) is 0 Å². The molecule has 0 saturated carbocycles. The van der Waals surface area contributed by atoms with E-state index in [1.165, 1.54) is 18.6 Å². The Hall–Kier alpha value is -2.15. The van der Waals surface area contributed by atoms with Gasteiger partial charge >= 0.3 is 6.03 Å². The van der Waals surface area contributed by atoms with E-state index >= 15 is 0 Å². The van der Waals surface area contributed by atoms with Gasteiger partial charge in [-0.05, 0) is 54.8 Å². The van der Waals surface area contributed by atoms with E-state index in [2.05, 4.69) is 16.0 Å². The molecule has 2 fully saturated rings. The topological polar surface area (TPSA) is 73.5 Å². The van der Waals surface area contributed by atoms with Gasteiger partial charge in [-0.1, -0.05) is 26.0 Å². The molecule has 1 spiro atoms. The Balaban J connectivity index is 1.51. The summed E-state index contributed by atoms with van der Waals surface area (Å²) in [6.07, 6.45) is 3.23. The van der Waals surface area contributed by atoms with Gasteiger partial charge in [-0.3, -0.25) is 4.79 Å². The van der Waals surface area contributed by atoms with Crippen LogP contribution in [0.1, 0.15) is 38.7 Å². The summed E-state index contributed by atoms with van der Waals surface area (Å²) in [7, 11) is 0. The number of piperidine rings is 1. The predicted molar refractivity (Wildman–Crippen MR) is 106 cm³/mol. The van der Waals surface area contributed by atoms with Gasteiger partial charge < -0.3 is 20.9 Å². The summed E-state index contributed by atoms with van der Waals surface area (Å²) in [4.78, 5) is 27.2. The molecule has 1 aromatic carbocycles. The number of likely N-dealkylation sites (tertiary alicyclic amines) is 1. The van der Waals surface area contributed by atoms with Crippen LogP contribution in [-0.2, 0) is 11.3 Å². The largest absolute Gasteiger partial charge is 0.341 e. The molecule has 2 aliphatic rings. The van der Waals surface area contributed by atoms with Gasteiger partial charge in [0.25, 0.3) is 0 Å². The fraction of sp³-hybridized carbons (Fsp3) is 0.619. The number of amides is 3. The number of nitrogens with zero attached hydrogens (tertiary/aromatic N) is 1. The summed E-state index contributed by atoms with van der Waals surface area (Å²) in [5.41, 5.74) is 1.15. The molecule has 2 saturated heterocycles. The van der Waals surface area contributed by atoms with Crippen molar-refractivity contribution in [2.75, 3.05) is 26.2 Å². The second-order valence-electron chi connectivity index (χ2n) is 8.43. The van der Waals surface area contributed by atoms with E-state index < -0.39 is 6.04 Å². The van der Waals surface area contributed by atoms with Crippen molar-refractivity contribution in [3.8, 4) is 0 Å². The molecule has 6 nitrogen and oxygen atoms in total. The van der Waals surface area contributed by atoms with Crippen LogP contribution in [0.5, 0.6) is 0 Å². The van der Waals surface area contributed by atoms with Crippen molar-refractivity contribution in [2.24, 2.45) is 11.3 Å². The first kappa shape index (κ1) is 20.6. The zero-order valence-electron chi connectivity index (χ0n) is 16.8. The van der Waals surface area contributed by atoms with Crippen molar-refractivity contribution in [1.82, 2.24) is 20.9 Å². The summed E-state index contributed by atoms with van der Waals surface area (Å²) in [6.45, 7) is 7.78. The smallest absolute Gasteiger partial charge is 0.315 e. The highest BCUT2D eigenvalue weighted by Crippen LogP contribution is 2.37. The van der Waals surface area contributed by atoms with E-state index in [9.17, 15) is 14.0 Å². The highest BCUT2D eigenvalue weighted by Gasteiger charge is 2.39. The number of nitrogens with one attached hydrogen (secondary N) is 3. The summed E-state index contributed by atoms with van der Waals surface area (Å²) in [6, 6.07) is 5.04. The van der Waals surface area contributed by atoms with Gasteiger partial charge in [0, 0.05) is 26.2 Å². The minimum atomic E-state index is -0.552. The third kappa shape index (κ3) is 5.01. The Morgan fingerprint density at radius 2 is 1.86 bits per heavy atom. The molecule has 0 aliphatic carbocycles. The number of hydrogen-bond donors (Lipinski definition) is 3. The molecule has 3 N–H and O–H groups in total. The van der Waals surface area contributed by atoms with Gasteiger partial charge in [0.1, 0.15) is 11.9 Å². The van der Waals surface area contributed by atoms with Crippen LogP contribution in [0.25, 0.3) is 0 Å². The van der Waals surface area contributed by atoms with Crippen molar-refractivity contribution in [2.45, 2.75) is 45.7 Å². The fourth-order valence-corrected chi connectivity index (χ4v) is 4.11. The van der Waals surface area contributed by atoms with Crippen LogP contribution in [-0.4, -0.2) is 49.1 Å². The first-order valence-corrected chi connectivity index (χ1v) is 10.2. The number of hydrogen-bond acceptors (Lipinski definition) is 3. The summed E-state index contributed by atoms with van der Waals surface area (Å²) >= 11 is 0. The number of carbonyl (C=O) groups excluding carboxylic acids is 2. The summed E-state index contributed by atoms with van der Waals surface area (Å²) < 4.78 is 13.0. The molecule has 1 atom stereocenters. The average Bonchev–Trinajstić information content (AvgIpc) is 3.13. The Morgan fingerprint density at radius 1 is 1.18 bits per heavy atom. The Labute approximate surface area is 166 Å². The molecule has 1 aromatic rings. The molecule has 0 radical (unpaired) electrons. The van der Waals surface area contributed by atoms with Gasteiger partial charge in [-0.15, -0.1) is 0 Å². The normalized spacial score (nSPS) is 19.6. The number of urea groups is 1. The SMILES string of the molecule is CC(C)C(NC(=O)NCc1ccc(F)cc1)C(=O)N1CCC2(CCNC2)CC1. The van der Waals surface area contributed by atoms with Crippen LogP contribution >= 0.6 is 0 Å². The average molecular weight is 391 g/mol. The monoisotopic (exact) mass is 390 g/mol. The van der Waals surface area contributed by atoms with Gasteiger partial charge in [0.2, 0.25) is 5.91 Å². The first-order chi connectivity index (χ1) is 13.4. The zero-order valence-corrected chi connectivity index (χ0v) is 16.8. The van der Waals surface area contributed by atoms with Crippen molar-refractivity contribution >= 4 is 11.9 Å². The number of carbonyl (C=O) groups is 2. The lowest BCUT2D eigenvalue weighted by Crippen LogP contribution is -2.55. The number of halogens is 1. The number of benzene rings is 1. The third-order valence-corrected chi connectivity index (χ3v) is 6.05. The van der Waals surface area contributed by atoms with Crippen molar-refractivity contribution in [1.29, 1.82) is 0 Å². The van der Waals surface area contributed by atoms with Crippen molar-refractivity contribution < 1.29 is 14.0 Å². The lowest BCUT2D eigenvalue weighted by molar-refractivity contribution is -0.136. The van der Waals surface area contributed by atoms with Crippen LogP contribution in [0.15, 0.2) is 24.3 Å². The molecule has 2 heterocycles. The second kappa shape index (κ2) is 8.90. The highest BCUT2D eigenvalue weighted by atomic mass is 19.1. The maximum Gasteiger partial charge on any atom is 0.315 e. The molecule has 3 rings (SSSR count). The maximum atomic E-state index is 13.0. The van der Waals surface area contributed by atoms with Crippen LogP contribution in [0.4, 0.5) is 9.18 Å². The van der Waals surface area contributed by atoms with Crippen molar-refractivity contribution in [3.05, 3.63) is 35.6 Å². The maximum absolute atomic E-state index is 13.0. The van der Waals surface area contributed by atoms with Crippen LogP contribution < -0.4 is 16.0 Å². The Morgan fingerprint density at radius 3 is 2.43 bits per heavy atom. The standard InChI is InChI=1S/C21H31FN4O2/c1-15(2)18(25-20(28)24-13-16-3-5-17(22)6-4-16)19(27)26-11-8-21(9-12-26)7-10-23-14-21/h3-6,15,18,23H,7-14H2,1-2H3,(H2,24,25,28). The van der Waals surface area contributed by atoms with Gasteiger partial charge in [-0.25, -0.2) is 9.18 Å². The Kier molecular flexibility index (Phi) is 6.54. The lowest BCUT2D eigenvalue weighted by atomic mass is 9.77. The van der Waals surface area contributed by atoms with E-state index in [1.807, 2.05) is 18.7 Å².